The topological polar surface area (TPSA) is 107 Å². The molecule has 0 atom stereocenters. The molecule has 0 aliphatic rings. The molecule has 0 aliphatic heterocycles. The average Bonchev–Trinajstić information content (AvgIpc) is 2.91. The number of hydrogen-bond acceptors (Lipinski definition) is 7. The highest BCUT2D eigenvalue weighted by molar-refractivity contribution is 9.10. The van der Waals surface area contributed by atoms with E-state index in [0.717, 1.165) is 5.56 Å². The molecule has 194 valence electrons. The number of ether oxygens (including phenoxy) is 4. The van der Waals surface area contributed by atoms with Crippen molar-refractivity contribution in [3.05, 3.63) is 80.8 Å². The molecule has 0 bridgehead atoms. The minimum Gasteiger partial charge on any atom is -0.493 e. The maximum Gasteiger partial charge on any atom is 0.259 e. The number of nitrogens with zero attached hydrogens (tertiary/aromatic N) is 1. The van der Waals surface area contributed by atoms with Crippen LogP contribution in [0.25, 0.3) is 0 Å². The second-order valence-electron chi connectivity index (χ2n) is 7.46. The van der Waals surface area contributed by atoms with Crippen LogP contribution < -0.4 is 29.7 Å². The van der Waals surface area contributed by atoms with Gasteiger partial charge in [0.15, 0.2) is 23.0 Å². The molecule has 0 aromatic heterocycles. The Bertz CT molecular complexity index is 1300. The van der Waals surface area contributed by atoms with Gasteiger partial charge in [0.05, 0.1) is 38.6 Å². The molecule has 0 saturated carbocycles. The smallest absolute Gasteiger partial charge is 0.259 e. The molecular weight excluding hydrogens is 566 g/mol. The summed E-state index contributed by atoms with van der Waals surface area (Å²) in [6.07, 6.45) is 1.44. The van der Waals surface area contributed by atoms with Gasteiger partial charge < -0.3 is 24.3 Å². The Morgan fingerprint density at radius 1 is 0.973 bits per heavy atom. The molecule has 0 unspecified atom stereocenters. The fourth-order valence-electron chi connectivity index (χ4n) is 3.18. The van der Waals surface area contributed by atoms with Gasteiger partial charge in [-0.05, 0) is 57.9 Å². The van der Waals surface area contributed by atoms with Gasteiger partial charge in [-0.1, -0.05) is 29.8 Å². The van der Waals surface area contributed by atoms with Crippen LogP contribution in [-0.2, 0) is 11.4 Å². The van der Waals surface area contributed by atoms with Gasteiger partial charge in [-0.2, -0.15) is 5.10 Å². The zero-order chi connectivity index (χ0) is 26.8. The summed E-state index contributed by atoms with van der Waals surface area (Å²) >= 11 is 9.68. The van der Waals surface area contributed by atoms with Crippen molar-refractivity contribution in [1.82, 2.24) is 10.7 Å². The normalized spacial score (nSPS) is 10.6. The summed E-state index contributed by atoms with van der Waals surface area (Å²) in [6, 6.07) is 15.6. The van der Waals surface area contributed by atoms with Gasteiger partial charge in [-0.3, -0.25) is 9.59 Å². The third-order valence-corrected chi connectivity index (χ3v) is 6.00. The molecule has 2 N–H and O–H groups in total. The van der Waals surface area contributed by atoms with Gasteiger partial charge in [0.1, 0.15) is 6.61 Å². The van der Waals surface area contributed by atoms with Crippen molar-refractivity contribution in [3.8, 4) is 23.0 Å². The molecule has 2 amide bonds. The summed E-state index contributed by atoms with van der Waals surface area (Å²) in [4.78, 5) is 24.5. The van der Waals surface area contributed by atoms with E-state index < -0.39 is 11.8 Å². The average molecular weight is 591 g/mol. The van der Waals surface area contributed by atoms with Crippen LogP contribution >= 0.6 is 27.5 Å². The van der Waals surface area contributed by atoms with Gasteiger partial charge in [-0.15, -0.1) is 0 Å². The number of nitrogens with one attached hydrogen (secondary N) is 2. The SMILES string of the molecule is COc1ccc(C(=O)NCC(=O)N/N=C/c2cc(Br)c(OCc3ccccc3Cl)c(OC)c2)cc1OC. The van der Waals surface area contributed by atoms with Gasteiger partial charge >= 0.3 is 0 Å². The van der Waals surface area contributed by atoms with Crippen LogP contribution in [0.3, 0.4) is 0 Å². The molecule has 3 rings (SSSR count). The molecule has 0 radical (unpaired) electrons. The molecule has 9 nitrogen and oxygen atoms in total. The Balaban J connectivity index is 1.56. The zero-order valence-corrected chi connectivity index (χ0v) is 22.7. The highest BCUT2D eigenvalue weighted by Crippen LogP contribution is 2.37. The van der Waals surface area contributed by atoms with Crippen molar-refractivity contribution in [2.45, 2.75) is 6.61 Å². The molecule has 3 aromatic rings. The zero-order valence-electron chi connectivity index (χ0n) is 20.3. The van der Waals surface area contributed by atoms with E-state index in [1.807, 2.05) is 18.2 Å². The molecule has 0 spiro atoms. The summed E-state index contributed by atoms with van der Waals surface area (Å²) in [5.74, 6) is 0.926. The monoisotopic (exact) mass is 589 g/mol. The predicted octanol–water partition coefficient (Wildman–Crippen LogP) is 4.59. The number of halogens is 2. The number of carbonyl (C=O) groups is 2. The van der Waals surface area contributed by atoms with E-state index in [1.54, 1.807) is 30.3 Å². The van der Waals surface area contributed by atoms with Crippen LogP contribution in [0.15, 0.2) is 64.2 Å². The number of rotatable bonds is 11. The van der Waals surface area contributed by atoms with Gasteiger partial charge in [0.25, 0.3) is 11.8 Å². The second kappa shape index (κ2) is 13.5. The molecule has 11 heteroatoms. The fraction of sp³-hybridized carbons (Fsp3) is 0.192. The van der Waals surface area contributed by atoms with Crippen molar-refractivity contribution in [2.24, 2.45) is 5.10 Å². The van der Waals surface area contributed by atoms with Crippen molar-refractivity contribution < 1.29 is 28.5 Å². The lowest BCUT2D eigenvalue weighted by Gasteiger charge is -2.14. The van der Waals surface area contributed by atoms with Crippen LogP contribution in [0.5, 0.6) is 23.0 Å². The van der Waals surface area contributed by atoms with Gasteiger partial charge in [0.2, 0.25) is 0 Å². The molecular formula is C26H25BrClN3O6. The summed E-state index contributed by atoms with van der Waals surface area (Å²) in [5.41, 5.74) is 4.17. The Kier molecular flexibility index (Phi) is 10.2. The van der Waals surface area contributed by atoms with Crippen molar-refractivity contribution >= 4 is 45.6 Å². The van der Waals surface area contributed by atoms with Crippen LogP contribution in [0.2, 0.25) is 5.02 Å². The summed E-state index contributed by atoms with van der Waals surface area (Å²) < 4.78 is 22.3. The maximum absolute atomic E-state index is 12.4. The lowest BCUT2D eigenvalue weighted by atomic mass is 10.2. The number of amides is 2. The van der Waals surface area contributed by atoms with Crippen molar-refractivity contribution in [3.63, 3.8) is 0 Å². The van der Waals surface area contributed by atoms with Crippen LogP contribution in [0.1, 0.15) is 21.5 Å². The maximum atomic E-state index is 12.4. The first-order chi connectivity index (χ1) is 17.9. The highest BCUT2D eigenvalue weighted by Gasteiger charge is 2.14. The number of hydrogen-bond donors (Lipinski definition) is 2. The lowest BCUT2D eigenvalue weighted by Crippen LogP contribution is -2.34. The van der Waals surface area contributed by atoms with Crippen LogP contribution in [0.4, 0.5) is 0 Å². The third-order valence-electron chi connectivity index (χ3n) is 5.04. The number of methoxy groups -OCH3 is 3. The van der Waals surface area contributed by atoms with Gasteiger partial charge in [-0.25, -0.2) is 5.43 Å². The first kappa shape index (κ1) is 27.8. The van der Waals surface area contributed by atoms with E-state index in [2.05, 4.69) is 31.8 Å². The minimum atomic E-state index is -0.504. The summed E-state index contributed by atoms with van der Waals surface area (Å²) in [7, 11) is 4.50. The number of hydrazone groups is 1. The Labute approximate surface area is 227 Å². The van der Waals surface area contributed by atoms with Crippen LogP contribution in [0, 0.1) is 0 Å². The standard InChI is InChI=1S/C26H25BrClN3O6/c1-34-21-9-8-17(12-22(21)35-2)26(33)29-14-24(32)31-30-13-16-10-19(27)25(23(11-16)36-3)37-15-18-6-4-5-7-20(18)28/h4-13H,14-15H2,1-3H3,(H,29,33)(H,31,32)/b30-13+. The molecule has 0 heterocycles. The predicted molar refractivity (Wildman–Crippen MR) is 144 cm³/mol. The fourth-order valence-corrected chi connectivity index (χ4v) is 3.94. The van der Waals surface area contributed by atoms with E-state index in [9.17, 15) is 9.59 Å². The largest absolute Gasteiger partial charge is 0.493 e. The molecule has 3 aromatic carbocycles. The lowest BCUT2D eigenvalue weighted by molar-refractivity contribution is -0.120. The minimum absolute atomic E-state index is 0.257. The van der Waals surface area contributed by atoms with Crippen molar-refractivity contribution in [1.29, 1.82) is 0 Å². The van der Waals surface area contributed by atoms with Crippen LogP contribution in [-0.4, -0.2) is 45.9 Å². The van der Waals surface area contributed by atoms with E-state index in [1.165, 1.54) is 33.6 Å². The van der Waals surface area contributed by atoms with E-state index in [-0.39, 0.29) is 13.2 Å². The Morgan fingerprint density at radius 2 is 1.70 bits per heavy atom. The second-order valence-corrected chi connectivity index (χ2v) is 8.72. The first-order valence-electron chi connectivity index (χ1n) is 10.9. The summed E-state index contributed by atoms with van der Waals surface area (Å²) in [5, 5.41) is 7.08. The Morgan fingerprint density at radius 3 is 2.41 bits per heavy atom. The summed E-state index contributed by atoms with van der Waals surface area (Å²) in [6.45, 7) is -0.0144. The molecule has 0 saturated heterocycles. The molecule has 37 heavy (non-hydrogen) atoms. The van der Waals surface area contributed by atoms with Crippen molar-refractivity contribution in [2.75, 3.05) is 27.9 Å². The molecule has 0 fully saturated rings. The number of benzene rings is 3. The quantitative estimate of drug-likeness (QED) is 0.250. The van der Waals surface area contributed by atoms with Gasteiger partial charge in [0, 0.05) is 16.1 Å². The van der Waals surface area contributed by atoms with E-state index >= 15 is 0 Å². The number of carbonyl (C=O) groups excluding carboxylic acids is 2. The highest BCUT2D eigenvalue weighted by atomic mass is 79.9. The van der Waals surface area contributed by atoms with E-state index in [4.69, 9.17) is 30.5 Å². The molecule has 0 aliphatic carbocycles. The van der Waals surface area contributed by atoms with E-state index in [0.29, 0.717) is 43.6 Å². The first-order valence-corrected chi connectivity index (χ1v) is 12.1. The third kappa shape index (κ3) is 7.61. The Hall–Kier alpha value is -3.76.